The maximum atomic E-state index is 6.00. The van der Waals surface area contributed by atoms with Crippen molar-refractivity contribution in [1.82, 2.24) is 15.3 Å². The SMILES string of the molecule is CN[C@H]1CCN(c2cc(Nc3cccc(Cl)c3)nc(N)n2)C1. The van der Waals surface area contributed by atoms with E-state index in [1.807, 2.05) is 37.4 Å². The maximum absolute atomic E-state index is 6.00. The number of hydrogen-bond donors (Lipinski definition) is 3. The van der Waals surface area contributed by atoms with Crippen LogP contribution in [0.15, 0.2) is 30.3 Å². The highest BCUT2D eigenvalue weighted by Crippen LogP contribution is 2.24. The van der Waals surface area contributed by atoms with Gasteiger partial charge in [-0.1, -0.05) is 17.7 Å². The van der Waals surface area contributed by atoms with E-state index in [-0.39, 0.29) is 5.95 Å². The molecule has 0 saturated carbocycles. The van der Waals surface area contributed by atoms with E-state index in [1.165, 1.54) is 0 Å². The molecule has 3 rings (SSSR count). The van der Waals surface area contributed by atoms with E-state index in [0.29, 0.717) is 16.9 Å². The Kier molecular flexibility index (Phi) is 4.31. The molecule has 22 heavy (non-hydrogen) atoms. The number of nitrogens with one attached hydrogen (secondary N) is 2. The van der Waals surface area contributed by atoms with Crippen LogP contribution in [0.4, 0.5) is 23.3 Å². The van der Waals surface area contributed by atoms with Gasteiger partial charge in [0.25, 0.3) is 0 Å². The second kappa shape index (κ2) is 6.37. The molecule has 2 aromatic rings. The molecule has 0 spiro atoms. The lowest BCUT2D eigenvalue weighted by Gasteiger charge is -2.18. The standard InChI is InChI=1S/C15H19ClN6/c1-18-12-5-6-22(9-12)14-8-13(20-15(17)21-14)19-11-4-2-3-10(16)7-11/h2-4,7-8,12,18H,5-6,9H2,1H3,(H3,17,19,20,21)/t12-/m0/s1. The van der Waals surface area contributed by atoms with E-state index >= 15 is 0 Å². The Morgan fingerprint density at radius 1 is 1.32 bits per heavy atom. The predicted molar refractivity (Wildman–Crippen MR) is 90.9 cm³/mol. The van der Waals surface area contributed by atoms with E-state index in [4.69, 9.17) is 17.3 Å². The molecule has 0 unspecified atom stereocenters. The quantitative estimate of drug-likeness (QED) is 0.802. The monoisotopic (exact) mass is 318 g/mol. The molecule has 0 aliphatic carbocycles. The first-order valence-electron chi connectivity index (χ1n) is 7.23. The van der Waals surface area contributed by atoms with Crippen LogP contribution < -0.4 is 21.3 Å². The van der Waals surface area contributed by atoms with Crippen molar-refractivity contribution in [2.24, 2.45) is 0 Å². The van der Waals surface area contributed by atoms with Gasteiger partial charge >= 0.3 is 0 Å². The molecule has 1 saturated heterocycles. The van der Waals surface area contributed by atoms with Gasteiger partial charge in [-0.2, -0.15) is 9.97 Å². The second-order valence-electron chi connectivity index (χ2n) is 5.33. The van der Waals surface area contributed by atoms with Crippen molar-refractivity contribution >= 4 is 34.9 Å². The zero-order valence-corrected chi connectivity index (χ0v) is 13.1. The summed E-state index contributed by atoms with van der Waals surface area (Å²) in [5.41, 5.74) is 6.71. The lowest BCUT2D eigenvalue weighted by atomic mass is 10.3. The first-order chi connectivity index (χ1) is 10.6. The minimum Gasteiger partial charge on any atom is -0.368 e. The predicted octanol–water partition coefficient (Wildman–Crippen LogP) is 2.25. The van der Waals surface area contributed by atoms with Crippen LogP contribution in [0.3, 0.4) is 0 Å². The van der Waals surface area contributed by atoms with Gasteiger partial charge in [-0.05, 0) is 31.7 Å². The van der Waals surface area contributed by atoms with Gasteiger partial charge in [0, 0.05) is 35.9 Å². The van der Waals surface area contributed by atoms with E-state index < -0.39 is 0 Å². The second-order valence-corrected chi connectivity index (χ2v) is 5.76. The summed E-state index contributed by atoms with van der Waals surface area (Å²) in [6, 6.07) is 9.88. The highest BCUT2D eigenvalue weighted by atomic mass is 35.5. The minimum atomic E-state index is 0.259. The highest BCUT2D eigenvalue weighted by Gasteiger charge is 2.22. The van der Waals surface area contributed by atoms with Crippen molar-refractivity contribution in [2.45, 2.75) is 12.5 Å². The average Bonchev–Trinajstić information content (AvgIpc) is 2.95. The summed E-state index contributed by atoms with van der Waals surface area (Å²) >= 11 is 6.00. The van der Waals surface area contributed by atoms with Crippen molar-refractivity contribution in [3.63, 3.8) is 0 Å². The molecule has 1 aliphatic rings. The van der Waals surface area contributed by atoms with E-state index in [2.05, 4.69) is 25.5 Å². The van der Waals surface area contributed by atoms with Gasteiger partial charge < -0.3 is 21.3 Å². The topological polar surface area (TPSA) is 79.1 Å². The molecule has 4 N–H and O–H groups in total. The zero-order valence-electron chi connectivity index (χ0n) is 12.4. The van der Waals surface area contributed by atoms with E-state index in [1.54, 1.807) is 0 Å². The third-order valence-electron chi connectivity index (χ3n) is 3.75. The van der Waals surface area contributed by atoms with Crippen molar-refractivity contribution in [3.8, 4) is 0 Å². The van der Waals surface area contributed by atoms with Gasteiger partial charge in [0.1, 0.15) is 11.6 Å². The van der Waals surface area contributed by atoms with Gasteiger partial charge in [-0.15, -0.1) is 0 Å². The Labute approximate surface area is 134 Å². The number of likely N-dealkylation sites (N-methyl/N-ethyl adjacent to an activating group) is 1. The number of hydrogen-bond acceptors (Lipinski definition) is 6. The number of halogens is 1. The molecule has 116 valence electrons. The summed E-state index contributed by atoms with van der Waals surface area (Å²) in [5.74, 6) is 1.77. The van der Waals surface area contributed by atoms with Crippen molar-refractivity contribution in [3.05, 3.63) is 35.4 Å². The summed E-state index contributed by atoms with van der Waals surface area (Å²) in [7, 11) is 1.98. The van der Waals surface area contributed by atoms with Crippen molar-refractivity contribution in [1.29, 1.82) is 0 Å². The largest absolute Gasteiger partial charge is 0.368 e. The smallest absolute Gasteiger partial charge is 0.223 e. The Bertz CT molecular complexity index is 662. The fourth-order valence-electron chi connectivity index (χ4n) is 2.60. The number of aromatic nitrogens is 2. The van der Waals surface area contributed by atoms with Crippen LogP contribution in [0.2, 0.25) is 5.02 Å². The Hall–Kier alpha value is -2.05. The lowest BCUT2D eigenvalue weighted by molar-refractivity contribution is 0.616. The number of benzene rings is 1. The molecule has 1 aromatic heterocycles. The molecule has 7 heteroatoms. The van der Waals surface area contributed by atoms with E-state index in [9.17, 15) is 0 Å². The molecular weight excluding hydrogens is 300 g/mol. The first kappa shape index (κ1) is 14.9. The lowest BCUT2D eigenvalue weighted by Crippen LogP contribution is -2.30. The van der Waals surface area contributed by atoms with Crippen LogP contribution in [-0.2, 0) is 0 Å². The molecular formula is C15H19ClN6. The number of rotatable bonds is 4. The Morgan fingerprint density at radius 3 is 2.91 bits per heavy atom. The third kappa shape index (κ3) is 3.40. The van der Waals surface area contributed by atoms with Gasteiger partial charge in [-0.25, -0.2) is 0 Å². The van der Waals surface area contributed by atoms with Crippen LogP contribution in [0.25, 0.3) is 0 Å². The number of anilines is 4. The molecule has 0 bridgehead atoms. The molecule has 0 radical (unpaired) electrons. The van der Waals surface area contributed by atoms with Crippen LogP contribution >= 0.6 is 11.6 Å². The summed E-state index contributed by atoms with van der Waals surface area (Å²) in [6.45, 7) is 1.88. The van der Waals surface area contributed by atoms with Crippen LogP contribution in [0.1, 0.15) is 6.42 Å². The summed E-state index contributed by atoms with van der Waals surface area (Å²) in [6.07, 6.45) is 1.09. The fraction of sp³-hybridized carbons (Fsp3) is 0.333. The molecule has 1 aromatic carbocycles. The zero-order chi connectivity index (χ0) is 15.5. The molecule has 6 nitrogen and oxygen atoms in total. The van der Waals surface area contributed by atoms with Crippen LogP contribution in [-0.4, -0.2) is 36.1 Å². The molecule has 1 atom stereocenters. The molecule has 1 aliphatic heterocycles. The average molecular weight is 319 g/mol. The summed E-state index contributed by atoms with van der Waals surface area (Å²) < 4.78 is 0. The first-order valence-corrected chi connectivity index (χ1v) is 7.61. The Balaban J connectivity index is 1.81. The minimum absolute atomic E-state index is 0.259. The highest BCUT2D eigenvalue weighted by molar-refractivity contribution is 6.30. The van der Waals surface area contributed by atoms with Gasteiger partial charge in [0.05, 0.1) is 0 Å². The summed E-state index contributed by atoms with van der Waals surface area (Å²) in [4.78, 5) is 10.8. The number of nitrogen functional groups attached to an aromatic ring is 1. The van der Waals surface area contributed by atoms with Crippen molar-refractivity contribution < 1.29 is 0 Å². The summed E-state index contributed by atoms with van der Waals surface area (Å²) in [5, 5.41) is 7.18. The number of nitrogens with zero attached hydrogens (tertiary/aromatic N) is 3. The fourth-order valence-corrected chi connectivity index (χ4v) is 2.79. The van der Waals surface area contributed by atoms with Gasteiger partial charge in [0.15, 0.2) is 0 Å². The van der Waals surface area contributed by atoms with Crippen molar-refractivity contribution in [2.75, 3.05) is 36.1 Å². The Morgan fingerprint density at radius 2 is 2.18 bits per heavy atom. The molecule has 2 heterocycles. The van der Waals surface area contributed by atoms with Crippen LogP contribution in [0, 0.1) is 0 Å². The molecule has 0 amide bonds. The third-order valence-corrected chi connectivity index (χ3v) is 3.98. The van der Waals surface area contributed by atoms with Crippen LogP contribution in [0.5, 0.6) is 0 Å². The normalized spacial score (nSPS) is 17.7. The number of nitrogens with two attached hydrogens (primary N) is 1. The molecule has 1 fully saturated rings. The van der Waals surface area contributed by atoms with Gasteiger partial charge in [-0.3, -0.25) is 0 Å². The van der Waals surface area contributed by atoms with E-state index in [0.717, 1.165) is 31.0 Å². The maximum Gasteiger partial charge on any atom is 0.223 e. The van der Waals surface area contributed by atoms with Gasteiger partial charge in [0.2, 0.25) is 5.95 Å².